The molecule has 0 saturated heterocycles. The standard InChI is InChI=1S/C6H9NO3/c1-5(7-4-8)3-10-6(2)9/h5H,3H2,1-2H3/t5-/m0/s1. The van der Waals surface area contributed by atoms with Gasteiger partial charge in [0.1, 0.15) is 6.61 Å². The predicted octanol–water partition coefficient (Wildman–Crippen LogP) is 0.274. The second-order valence-corrected chi connectivity index (χ2v) is 1.87. The van der Waals surface area contributed by atoms with Crippen LogP contribution in [0.25, 0.3) is 0 Å². The molecule has 0 N–H and O–H groups in total. The van der Waals surface area contributed by atoms with Crippen molar-refractivity contribution in [2.75, 3.05) is 6.61 Å². The zero-order valence-electron chi connectivity index (χ0n) is 5.96. The van der Waals surface area contributed by atoms with E-state index in [1.54, 1.807) is 6.92 Å². The van der Waals surface area contributed by atoms with Crippen LogP contribution in [0.15, 0.2) is 4.99 Å². The Labute approximate surface area is 58.9 Å². The number of isocyanates is 1. The van der Waals surface area contributed by atoms with Crippen LogP contribution in [-0.2, 0) is 14.3 Å². The molecular formula is C6H9NO3. The van der Waals surface area contributed by atoms with E-state index in [9.17, 15) is 9.59 Å². The van der Waals surface area contributed by atoms with Crippen molar-refractivity contribution in [1.82, 2.24) is 0 Å². The maximum Gasteiger partial charge on any atom is 0.302 e. The number of hydrogen-bond donors (Lipinski definition) is 0. The van der Waals surface area contributed by atoms with Gasteiger partial charge in [-0.05, 0) is 6.92 Å². The van der Waals surface area contributed by atoms with Crippen LogP contribution in [0, 0.1) is 0 Å². The number of carbonyl (C=O) groups is 1. The monoisotopic (exact) mass is 143 g/mol. The van der Waals surface area contributed by atoms with E-state index in [1.165, 1.54) is 13.0 Å². The Balaban J connectivity index is 3.48. The molecule has 0 unspecified atom stereocenters. The smallest absolute Gasteiger partial charge is 0.302 e. The zero-order valence-corrected chi connectivity index (χ0v) is 5.96. The van der Waals surface area contributed by atoms with E-state index in [4.69, 9.17) is 0 Å². The molecule has 0 aromatic heterocycles. The maximum atomic E-state index is 10.2. The molecule has 0 aromatic carbocycles. The molecule has 0 aliphatic carbocycles. The second kappa shape index (κ2) is 4.70. The first-order valence-electron chi connectivity index (χ1n) is 2.87. The van der Waals surface area contributed by atoms with Gasteiger partial charge in [-0.25, -0.2) is 4.79 Å². The van der Waals surface area contributed by atoms with Crippen LogP contribution >= 0.6 is 0 Å². The summed E-state index contributed by atoms with van der Waals surface area (Å²) < 4.78 is 4.54. The first kappa shape index (κ1) is 8.85. The van der Waals surface area contributed by atoms with Gasteiger partial charge in [-0.1, -0.05) is 0 Å². The van der Waals surface area contributed by atoms with Gasteiger partial charge in [0, 0.05) is 6.92 Å². The third kappa shape index (κ3) is 5.00. The first-order chi connectivity index (χ1) is 4.66. The molecule has 0 saturated carbocycles. The van der Waals surface area contributed by atoms with Gasteiger partial charge >= 0.3 is 5.97 Å². The quantitative estimate of drug-likeness (QED) is 0.324. The van der Waals surface area contributed by atoms with Crippen molar-refractivity contribution in [2.45, 2.75) is 19.9 Å². The Morgan fingerprint density at radius 1 is 1.80 bits per heavy atom. The summed E-state index contributed by atoms with van der Waals surface area (Å²) >= 11 is 0. The highest BCUT2D eigenvalue weighted by Crippen LogP contribution is 1.88. The summed E-state index contributed by atoms with van der Waals surface area (Å²) in [5, 5.41) is 0. The molecule has 0 aliphatic heterocycles. The lowest BCUT2D eigenvalue weighted by atomic mass is 10.4. The van der Waals surface area contributed by atoms with E-state index in [0.717, 1.165) is 0 Å². The molecule has 10 heavy (non-hydrogen) atoms. The Bertz CT molecular complexity index is 160. The fourth-order valence-electron chi connectivity index (χ4n) is 0.365. The highest BCUT2D eigenvalue weighted by atomic mass is 16.5. The van der Waals surface area contributed by atoms with Crippen LogP contribution in [0.3, 0.4) is 0 Å². The lowest BCUT2D eigenvalue weighted by molar-refractivity contribution is -0.141. The summed E-state index contributed by atoms with van der Waals surface area (Å²) in [7, 11) is 0. The number of esters is 1. The Kier molecular flexibility index (Phi) is 4.16. The molecule has 0 aromatic rings. The molecule has 0 heterocycles. The molecule has 0 radical (unpaired) electrons. The minimum atomic E-state index is -0.368. The zero-order chi connectivity index (χ0) is 7.98. The third-order valence-corrected chi connectivity index (χ3v) is 0.801. The Morgan fingerprint density at radius 3 is 2.80 bits per heavy atom. The minimum absolute atomic E-state index is 0.143. The van der Waals surface area contributed by atoms with Crippen molar-refractivity contribution in [3.05, 3.63) is 0 Å². The number of aliphatic imine (C=N–C) groups is 1. The fraction of sp³-hybridized carbons (Fsp3) is 0.667. The largest absolute Gasteiger partial charge is 0.464 e. The molecular weight excluding hydrogens is 134 g/mol. The van der Waals surface area contributed by atoms with Gasteiger partial charge in [0.2, 0.25) is 6.08 Å². The van der Waals surface area contributed by atoms with Crippen LogP contribution in [0.1, 0.15) is 13.8 Å². The average Bonchev–Trinajstić information content (AvgIpc) is 1.85. The maximum absolute atomic E-state index is 10.2. The summed E-state index contributed by atoms with van der Waals surface area (Å²) in [6, 6.07) is -0.290. The van der Waals surface area contributed by atoms with Gasteiger partial charge in [0.05, 0.1) is 6.04 Å². The number of ether oxygens (including phenoxy) is 1. The SMILES string of the molecule is CC(=O)OC[C@H](C)N=C=O. The third-order valence-electron chi connectivity index (χ3n) is 0.801. The van der Waals surface area contributed by atoms with Gasteiger partial charge in [-0.15, -0.1) is 0 Å². The lowest BCUT2D eigenvalue weighted by Crippen LogP contribution is -2.11. The predicted molar refractivity (Wildman–Crippen MR) is 34.2 cm³/mol. The summed E-state index contributed by atoms with van der Waals surface area (Å²) in [5.41, 5.74) is 0. The van der Waals surface area contributed by atoms with Gasteiger partial charge in [-0.3, -0.25) is 4.79 Å². The molecule has 56 valence electrons. The molecule has 1 atom stereocenters. The van der Waals surface area contributed by atoms with Gasteiger partial charge in [-0.2, -0.15) is 4.99 Å². The first-order valence-corrected chi connectivity index (χ1v) is 2.87. The van der Waals surface area contributed by atoms with E-state index >= 15 is 0 Å². The summed E-state index contributed by atoms with van der Waals surface area (Å²) in [6.45, 7) is 3.11. The molecule has 0 aliphatic rings. The topological polar surface area (TPSA) is 55.7 Å². The highest BCUT2D eigenvalue weighted by molar-refractivity contribution is 5.65. The summed E-state index contributed by atoms with van der Waals surface area (Å²) in [5.74, 6) is -0.368. The number of rotatable bonds is 3. The summed E-state index contributed by atoms with van der Waals surface area (Å²) in [6.07, 6.45) is 1.37. The molecule has 4 heteroatoms. The highest BCUT2D eigenvalue weighted by Gasteiger charge is 1.99. The molecule has 0 bridgehead atoms. The van der Waals surface area contributed by atoms with Crippen molar-refractivity contribution in [2.24, 2.45) is 4.99 Å². The van der Waals surface area contributed by atoms with Crippen molar-refractivity contribution < 1.29 is 14.3 Å². The lowest BCUT2D eigenvalue weighted by Gasteiger charge is -2.02. The normalized spacial score (nSPS) is 11.4. The van der Waals surface area contributed by atoms with Crippen LogP contribution in [0.4, 0.5) is 0 Å². The van der Waals surface area contributed by atoms with Gasteiger partial charge in [0.25, 0.3) is 0 Å². The second-order valence-electron chi connectivity index (χ2n) is 1.87. The fourth-order valence-corrected chi connectivity index (χ4v) is 0.365. The number of carbonyl (C=O) groups excluding carboxylic acids is 2. The molecule has 0 spiro atoms. The van der Waals surface area contributed by atoms with E-state index in [2.05, 4.69) is 9.73 Å². The van der Waals surface area contributed by atoms with Gasteiger partial charge in [0.15, 0.2) is 0 Å². The van der Waals surface area contributed by atoms with Crippen molar-refractivity contribution in [3.8, 4) is 0 Å². The van der Waals surface area contributed by atoms with E-state index in [0.29, 0.717) is 0 Å². The Hall–Kier alpha value is -1.15. The van der Waals surface area contributed by atoms with E-state index in [-0.39, 0.29) is 18.6 Å². The Morgan fingerprint density at radius 2 is 2.40 bits per heavy atom. The average molecular weight is 143 g/mol. The van der Waals surface area contributed by atoms with E-state index < -0.39 is 0 Å². The number of nitrogens with zero attached hydrogens (tertiary/aromatic N) is 1. The van der Waals surface area contributed by atoms with Gasteiger partial charge < -0.3 is 4.74 Å². The number of hydrogen-bond acceptors (Lipinski definition) is 4. The van der Waals surface area contributed by atoms with Crippen LogP contribution < -0.4 is 0 Å². The molecule has 0 fully saturated rings. The molecule has 4 nitrogen and oxygen atoms in total. The van der Waals surface area contributed by atoms with Crippen molar-refractivity contribution >= 4 is 12.0 Å². The summed E-state index contributed by atoms with van der Waals surface area (Å²) in [4.78, 5) is 23.1. The van der Waals surface area contributed by atoms with Crippen molar-refractivity contribution in [3.63, 3.8) is 0 Å². The molecule has 0 amide bonds. The van der Waals surface area contributed by atoms with E-state index in [1.807, 2.05) is 0 Å². The van der Waals surface area contributed by atoms with Crippen LogP contribution in [0.5, 0.6) is 0 Å². The van der Waals surface area contributed by atoms with Crippen molar-refractivity contribution in [1.29, 1.82) is 0 Å². The van der Waals surface area contributed by atoms with Crippen LogP contribution in [-0.4, -0.2) is 24.7 Å². The minimum Gasteiger partial charge on any atom is -0.464 e. The van der Waals surface area contributed by atoms with Crippen LogP contribution in [0.2, 0.25) is 0 Å². The molecule has 0 rings (SSSR count).